The number of carbonyl (C=O) groups is 1. The van der Waals surface area contributed by atoms with Crippen LogP contribution >= 0.6 is 11.3 Å². The van der Waals surface area contributed by atoms with Crippen molar-refractivity contribution in [2.75, 3.05) is 13.1 Å². The maximum absolute atomic E-state index is 11.5. The first kappa shape index (κ1) is 15.1. The molecule has 116 valence electrons. The fourth-order valence-electron chi connectivity index (χ4n) is 2.74. The molecule has 3 rings (SSSR count). The maximum Gasteiger partial charge on any atom is 0.348 e. The number of pyridine rings is 1. The van der Waals surface area contributed by atoms with E-state index >= 15 is 0 Å². The predicted octanol–water partition coefficient (Wildman–Crippen LogP) is 3.28. The number of aromatic carboxylic acids is 1. The summed E-state index contributed by atoms with van der Waals surface area (Å²) in [5, 5.41) is 10.3. The molecule has 6 heteroatoms. The van der Waals surface area contributed by atoms with E-state index in [1.165, 1.54) is 37.0 Å². The number of rotatable bonds is 4. The van der Waals surface area contributed by atoms with Gasteiger partial charge in [-0.15, -0.1) is 11.3 Å². The topological polar surface area (TPSA) is 66.3 Å². The molecule has 22 heavy (non-hydrogen) atoms. The summed E-state index contributed by atoms with van der Waals surface area (Å²) in [6, 6.07) is 5.47. The Hall–Kier alpha value is -1.79. The predicted molar refractivity (Wildman–Crippen MR) is 86.0 cm³/mol. The van der Waals surface area contributed by atoms with Gasteiger partial charge >= 0.3 is 5.97 Å². The van der Waals surface area contributed by atoms with Gasteiger partial charge in [0, 0.05) is 6.20 Å². The largest absolute Gasteiger partial charge is 0.477 e. The minimum atomic E-state index is -0.930. The third-order valence-electron chi connectivity index (χ3n) is 3.83. The van der Waals surface area contributed by atoms with Crippen LogP contribution in [0, 0.1) is 0 Å². The van der Waals surface area contributed by atoms with E-state index in [-0.39, 0.29) is 4.88 Å². The molecule has 0 amide bonds. The lowest BCUT2D eigenvalue weighted by molar-refractivity contribution is 0.0702. The molecule has 0 aliphatic carbocycles. The Morgan fingerprint density at radius 1 is 1.23 bits per heavy atom. The van der Waals surface area contributed by atoms with E-state index in [0.717, 1.165) is 24.6 Å². The second kappa shape index (κ2) is 6.98. The second-order valence-electron chi connectivity index (χ2n) is 5.50. The van der Waals surface area contributed by atoms with E-state index in [4.69, 9.17) is 0 Å². The highest BCUT2D eigenvalue weighted by Gasteiger charge is 2.21. The average molecular weight is 317 g/mol. The van der Waals surface area contributed by atoms with Crippen molar-refractivity contribution in [1.82, 2.24) is 14.9 Å². The third-order valence-corrected chi connectivity index (χ3v) is 4.86. The first-order chi connectivity index (χ1) is 10.7. The van der Waals surface area contributed by atoms with Crippen molar-refractivity contribution in [3.63, 3.8) is 0 Å². The van der Waals surface area contributed by atoms with Crippen molar-refractivity contribution in [3.05, 3.63) is 34.3 Å². The lowest BCUT2D eigenvalue weighted by Gasteiger charge is -2.17. The smallest absolute Gasteiger partial charge is 0.348 e. The van der Waals surface area contributed by atoms with Crippen molar-refractivity contribution in [3.8, 4) is 11.4 Å². The van der Waals surface area contributed by atoms with Crippen LogP contribution in [0.2, 0.25) is 0 Å². The fourth-order valence-corrected chi connectivity index (χ4v) is 3.69. The number of hydrogen-bond acceptors (Lipinski definition) is 5. The molecule has 0 radical (unpaired) electrons. The lowest BCUT2D eigenvalue weighted by Crippen LogP contribution is -2.23. The minimum absolute atomic E-state index is 0.281. The molecule has 0 aromatic carbocycles. The van der Waals surface area contributed by atoms with Crippen molar-refractivity contribution in [2.24, 2.45) is 0 Å². The summed E-state index contributed by atoms with van der Waals surface area (Å²) in [6.07, 6.45) is 6.66. The maximum atomic E-state index is 11.5. The van der Waals surface area contributed by atoms with E-state index in [0.29, 0.717) is 11.4 Å². The van der Waals surface area contributed by atoms with Gasteiger partial charge in [0.25, 0.3) is 0 Å². The molecule has 0 saturated carbocycles. The summed E-state index contributed by atoms with van der Waals surface area (Å²) in [6.45, 7) is 2.87. The average Bonchev–Trinajstić information content (AvgIpc) is 2.78. The summed E-state index contributed by atoms with van der Waals surface area (Å²) in [5.41, 5.74) is 1.11. The summed E-state index contributed by atoms with van der Waals surface area (Å²) < 4.78 is 0. The number of thiazole rings is 1. The van der Waals surface area contributed by atoms with E-state index < -0.39 is 5.97 Å². The van der Waals surface area contributed by atoms with Crippen molar-refractivity contribution in [2.45, 2.75) is 32.2 Å². The van der Waals surface area contributed by atoms with Gasteiger partial charge in [-0.1, -0.05) is 18.9 Å². The van der Waals surface area contributed by atoms with Crippen molar-refractivity contribution < 1.29 is 9.90 Å². The Kier molecular flexibility index (Phi) is 4.80. The molecule has 1 fully saturated rings. The van der Waals surface area contributed by atoms with E-state index in [2.05, 4.69) is 14.9 Å². The molecule has 0 spiro atoms. The van der Waals surface area contributed by atoms with Gasteiger partial charge in [-0.2, -0.15) is 0 Å². The van der Waals surface area contributed by atoms with Gasteiger partial charge in [0.2, 0.25) is 0 Å². The zero-order valence-electron chi connectivity index (χ0n) is 12.4. The van der Waals surface area contributed by atoms with Crippen molar-refractivity contribution in [1.29, 1.82) is 0 Å². The van der Waals surface area contributed by atoms with Crippen molar-refractivity contribution >= 4 is 17.3 Å². The first-order valence-corrected chi connectivity index (χ1v) is 8.42. The van der Waals surface area contributed by atoms with Crippen LogP contribution < -0.4 is 0 Å². The number of nitrogens with zero attached hydrogens (tertiary/aromatic N) is 3. The lowest BCUT2D eigenvalue weighted by atomic mass is 10.2. The SMILES string of the molecule is O=C(O)c1sc(CN2CCCCCC2)nc1-c1ccccn1. The Labute approximate surface area is 133 Å². The van der Waals surface area contributed by atoms with E-state index in [9.17, 15) is 9.90 Å². The number of hydrogen-bond donors (Lipinski definition) is 1. The van der Waals surface area contributed by atoms with Crippen LogP contribution in [-0.4, -0.2) is 39.0 Å². The Balaban J connectivity index is 1.85. The summed E-state index contributed by atoms with van der Waals surface area (Å²) in [4.78, 5) is 22.9. The molecular weight excluding hydrogens is 298 g/mol. The van der Waals surface area contributed by atoms with Crippen LogP contribution in [0.4, 0.5) is 0 Å². The number of carboxylic acid groups (broad SMARTS) is 1. The van der Waals surface area contributed by atoms with Gasteiger partial charge in [-0.05, 0) is 38.1 Å². The number of carboxylic acids is 1. The molecule has 0 atom stereocenters. The molecule has 1 saturated heterocycles. The Morgan fingerprint density at radius 3 is 2.64 bits per heavy atom. The monoisotopic (exact) mass is 317 g/mol. The highest BCUT2D eigenvalue weighted by molar-refractivity contribution is 7.14. The molecule has 0 bridgehead atoms. The second-order valence-corrected chi connectivity index (χ2v) is 6.58. The van der Waals surface area contributed by atoms with Crippen LogP contribution in [0.5, 0.6) is 0 Å². The van der Waals surface area contributed by atoms with Gasteiger partial charge < -0.3 is 5.11 Å². The molecular formula is C16H19N3O2S. The molecule has 2 aromatic rings. The highest BCUT2D eigenvalue weighted by atomic mass is 32.1. The molecule has 1 aliphatic heterocycles. The van der Waals surface area contributed by atoms with E-state index in [1.54, 1.807) is 12.3 Å². The van der Waals surface area contributed by atoms with Gasteiger partial charge in [-0.3, -0.25) is 9.88 Å². The normalized spacial score (nSPS) is 16.4. The molecule has 1 N–H and O–H groups in total. The van der Waals surface area contributed by atoms with E-state index in [1.807, 2.05) is 12.1 Å². The molecule has 3 heterocycles. The third kappa shape index (κ3) is 3.51. The fraction of sp³-hybridized carbons (Fsp3) is 0.438. The molecule has 1 aliphatic rings. The Morgan fingerprint density at radius 2 is 2.00 bits per heavy atom. The minimum Gasteiger partial charge on any atom is -0.477 e. The molecule has 0 unspecified atom stereocenters. The Bertz CT molecular complexity index is 634. The number of aromatic nitrogens is 2. The first-order valence-electron chi connectivity index (χ1n) is 7.61. The number of likely N-dealkylation sites (tertiary alicyclic amines) is 1. The standard InChI is InChI=1S/C16H19N3O2S/c20-16(21)15-14(12-7-3-4-8-17-12)18-13(22-15)11-19-9-5-1-2-6-10-19/h3-4,7-8H,1-2,5-6,9-11H2,(H,20,21). The molecule has 5 nitrogen and oxygen atoms in total. The zero-order chi connectivity index (χ0) is 15.4. The van der Waals surface area contributed by atoms with Crippen LogP contribution in [0.3, 0.4) is 0 Å². The van der Waals surface area contributed by atoms with Crippen LogP contribution in [-0.2, 0) is 6.54 Å². The van der Waals surface area contributed by atoms with Gasteiger partial charge in [0.05, 0.1) is 12.2 Å². The quantitative estimate of drug-likeness (QED) is 0.937. The van der Waals surface area contributed by atoms with Crippen LogP contribution in [0.15, 0.2) is 24.4 Å². The zero-order valence-corrected chi connectivity index (χ0v) is 13.2. The van der Waals surface area contributed by atoms with Crippen LogP contribution in [0.25, 0.3) is 11.4 Å². The van der Waals surface area contributed by atoms with Gasteiger partial charge in [-0.25, -0.2) is 9.78 Å². The molecule has 2 aromatic heterocycles. The summed E-state index contributed by atoms with van der Waals surface area (Å²) >= 11 is 1.27. The highest BCUT2D eigenvalue weighted by Crippen LogP contribution is 2.28. The summed E-state index contributed by atoms with van der Waals surface area (Å²) in [7, 11) is 0. The van der Waals surface area contributed by atoms with Crippen LogP contribution in [0.1, 0.15) is 40.4 Å². The summed E-state index contributed by atoms with van der Waals surface area (Å²) in [5.74, 6) is -0.930. The van der Waals surface area contributed by atoms with Gasteiger partial charge in [0.15, 0.2) is 0 Å². The van der Waals surface area contributed by atoms with Gasteiger partial charge in [0.1, 0.15) is 15.6 Å².